The van der Waals surface area contributed by atoms with Crippen molar-refractivity contribution >= 4 is 17.5 Å². The molecule has 1 atom stereocenters. The van der Waals surface area contributed by atoms with Gasteiger partial charge in [-0.25, -0.2) is 19.6 Å². The number of halogens is 2. The van der Waals surface area contributed by atoms with E-state index in [9.17, 15) is 13.6 Å². The number of nitrogens with one attached hydrogen (secondary N) is 3. The lowest BCUT2D eigenvalue weighted by Crippen LogP contribution is -2.44. The van der Waals surface area contributed by atoms with Crippen LogP contribution in [0.4, 0.5) is 20.4 Å². The van der Waals surface area contributed by atoms with Crippen molar-refractivity contribution in [3.8, 4) is 0 Å². The summed E-state index contributed by atoms with van der Waals surface area (Å²) in [5, 5.41) is 5.29. The van der Waals surface area contributed by atoms with Gasteiger partial charge in [-0.3, -0.25) is 4.79 Å². The van der Waals surface area contributed by atoms with E-state index in [0.717, 1.165) is 6.42 Å². The highest BCUT2D eigenvalue weighted by Gasteiger charge is 2.23. The number of pyridine rings is 1. The van der Waals surface area contributed by atoms with Gasteiger partial charge in [0.2, 0.25) is 5.91 Å². The van der Waals surface area contributed by atoms with Crippen molar-refractivity contribution in [1.29, 1.82) is 0 Å². The number of carbonyl (C=O) groups excluding carboxylic acids is 1. The van der Waals surface area contributed by atoms with Gasteiger partial charge in [-0.1, -0.05) is 0 Å². The number of rotatable bonds is 3. The van der Waals surface area contributed by atoms with Gasteiger partial charge in [0, 0.05) is 12.6 Å². The van der Waals surface area contributed by atoms with Crippen molar-refractivity contribution in [3.05, 3.63) is 17.7 Å². The Bertz CT molecular complexity index is 468. The number of nitrogen functional groups attached to an aromatic ring is 1. The van der Waals surface area contributed by atoms with Crippen molar-refractivity contribution < 1.29 is 13.6 Å². The molecule has 1 unspecified atom stereocenters. The Balaban J connectivity index is 2.20. The smallest absolute Gasteiger partial charge is 0.242 e. The average molecular weight is 257 g/mol. The largest absolute Gasteiger partial charge is 0.356 e. The van der Waals surface area contributed by atoms with E-state index >= 15 is 0 Å². The molecule has 1 aromatic rings. The third-order valence-corrected chi connectivity index (χ3v) is 2.66. The zero-order chi connectivity index (χ0) is 13.1. The van der Waals surface area contributed by atoms with Gasteiger partial charge in [0.05, 0.1) is 0 Å². The Kier molecular flexibility index (Phi) is 3.56. The Hall–Kier alpha value is -1.96. The topological polar surface area (TPSA) is 92.1 Å². The highest BCUT2D eigenvalue weighted by molar-refractivity contribution is 5.85. The van der Waals surface area contributed by atoms with Crippen LogP contribution >= 0.6 is 0 Å². The predicted octanol–water partition coefficient (Wildman–Crippen LogP) is 0.336. The van der Waals surface area contributed by atoms with Crippen LogP contribution in [0.15, 0.2) is 6.07 Å². The minimum Gasteiger partial charge on any atom is -0.356 e. The summed E-state index contributed by atoms with van der Waals surface area (Å²) in [7, 11) is 0. The van der Waals surface area contributed by atoms with E-state index in [1.54, 1.807) is 0 Å². The molecule has 0 spiro atoms. The fourth-order valence-electron chi connectivity index (χ4n) is 1.74. The molecule has 2 heterocycles. The Labute approximate surface area is 102 Å². The number of amides is 1. The molecule has 1 aliphatic rings. The Morgan fingerprint density at radius 2 is 2.11 bits per heavy atom. The van der Waals surface area contributed by atoms with Gasteiger partial charge < -0.3 is 16.1 Å². The van der Waals surface area contributed by atoms with Crippen molar-refractivity contribution in [2.24, 2.45) is 5.84 Å². The summed E-state index contributed by atoms with van der Waals surface area (Å²) < 4.78 is 26.6. The second kappa shape index (κ2) is 5.13. The molecule has 1 aromatic heterocycles. The number of aromatic nitrogens is 1. The Morgan fingerprint density at radius 3 is 2.78 bits per heavy atom. The van der Waals surface area contributed by atoms with Crippen molar-refractivity contribution in [2.75, 3.05) is 17.3 Å². The number of nitrogens with two attached hydrogens (primary N) is 1. The predicted molar refractivity (Wildman–Crippen MR) is 61.6 cm³/mol. The maximum Gasteiger partial charge on any atom is 0.242 e. The monoisotopic (exact) mass is 257 g/mol. The molecule has 0 radical (unpaired) electrons. The zero-order valence-electron chi connectivity index (χ0n) is 9.46. The van der Waals surface area contributed by atoms with Crippen LogP contribution in [-0.4, -0.2) is 23.5 Å². The van der Waals surface area contributed by atoms with Gasteiger partial charge in [-0.05, 0) is 12.8 Å². The zero-order valence-corrected chi connectivity index (χ0v) is 9.46. The summed E-state index contributed by atoms with van der Waals surface area (Å²) in [6.07, 6.45) is 1.35. The number of hydrazine groups is 1. The van der Waals surface area contributed by atoms with Crippen LogP contribution in [0.25, 0.3) is 0 Å². The first-order chi connectivity index (χ1) is 8.61. The molecular weight excluding hydrogens is 244 g/mol. The molecule has 98 valence electrons. The lowest BCUT2D eigenvalue weighted by Gasteiger charge is -2.23. The molecule has 0 aromatic carbocycles. The van der Waals surface area contributed by atoms with Crippen LogP contribution in [0.1, 0.15) is 12.8 Å². The van der Waals surface area contributed by atoms with E-state index in [4.69, 9.17) is 5.84 Å². The number of hydrogen-bond donors (Lipinski definition) is 4. The summed E-state index contributed by atoms with van der Waals surface area (Å²) >= 11 is 0. The summed E-state index contributed by atoms with van der Waals surface area (Å²) in [6, 6.07) is 0.0856. The molecule has 2 rings (SSSR count). The van der Waals surface area contributed by atoms with E-state index in [2.05, 4.69) is 15.6 Å². The molecule has 8 heteroatoms. The second-order valence-electron chi connectivity index (χ2n) is 3.92. The van der Waals surface area contributed by atoms with Crippen LogP contribution in [-0.2, 0) is 4.79 Å². The number of carbonyl (C=O) groups is 1. The van der Waals surface area contributed by atoms with E-state index in [-0.39, 0.29) is 17.5 Å². The molecule has 0 bridgehead atoms. The van der Waals surface area contributed by atoms with Gasteiger partial charge >= 0.3 is 0 Å². The molecule has 1 saturated heterocycles. The summed E-state index contributed by atoms with van der Waals surface area (Å²) in [5.74, 6) is 2.57. The first-order valence-electron chi connectivity index (χ1n) is 5.48. The second-order valence-corrected chi connectivity index (χ2v) is 3.92. The Morgan fingerprint density at radius 1 is 1.39 bits per heavy atom. The molecule has 1 amide bonds. The van der Waals surface area contributed by atoms with Crippen LogP contribution < -0.4 is 21.9 Å². The van der Waals surface area contributed by atoms with Gasteiger partial charge in [-0.2, -0.15) is 0 Å². The SMILES string of the molecule is NNc1nc(NC2CCCNC2=O)c(F)cc1F. The van der Waals surface area contributed by atoms with Crippen molar-refractivity contribution in [2.45, 2.75) is 18.9 Å². The highest BCUT2D eigenvalue weighted by atomic mass is 19.1. The normalized spacial score (nSPS) is 19.3. The van der Waals surface area contributed by atoms with Crippen LogP contribution in [0.3, 0.4) is 0 Å². The van der Waals surface area contributed by atoms with E-state index in [0.29, 0.717) is 19.0 Å². The highest BCUT2D eigenvalue weighted by Crippen LogP contribution is 2.20. The maximum absolute atomic E-state index is 13.5. The van der Waals surface area contributed by atoms with Crippen LogP contribution in [0.5, 0.6) is 0 Å². The molecule has 1 aliphatic heterocycles. The number of anilines is 2. The molecule has 5 N–H and O–H groups in total. The van der Waals surface area contributed by atoms with E-state index in [1.807, 2.05) is 5.43 Å². The lowest BCUT2D eigenvalue weighted by atomic mass is 10.1. The fraction of sp³-hybridized carbons (Fsp3) is 0.400. The lowest BCUT2D eigenvalue weighted by molar-refractivity contribution is -0.123. The molecule has 0 saturated carbocycles. The molecule has 6 nitrogen and oxygen atoms in total. The third-order valence-electron chi connectivity index (χ3n) is 2.66. The average Bonchev–Trinajstić information content (AvgIpc) is 2.35. The number of hydrogen-bond acceptors (Lipinski definition) is 5. The summed E-state index contributed by atoms with van der Waals surface area (Å²) in [4.78, 5) is 15.1. The first kappa shape index (κ1) is 12.5. The molecule has 18 heavy (non-hydrogen) atoms. The third kappa shape index (κ3) is 2.48. The standard InChI is InChI=1S/C10H13F2N5O/c11-5-4-6(12)9(17-13)16-8(5)15-7-2-1-3-14-10(7)18/h4,7H,1-3,13H2,(H,14,18)(H2,15,16,17). The van der Waals surface area contributed by atoms with Gasteiger partial charge in [-0.15, -0.1) is 0 Å². The molecular formula is C10H13F2N5O. The van der Waals surface area contributed by atoms with E-state index < -0.39 is 17.7 Å². The van der Waals surface area contributed by atoms with E-state index in [1.165, 1.54) is 0 Å². The fourth-order valence-corrected chi connectivity index (χ4v) is 1.74. The molecule has 1 fully saturated rings. The van der Waals surface area contributed by atoms with Crippen LogP contribution in [0, 0.1) is 11.6 Å². The first-order valence-corrected chi connectivity index (χ1v) is 5.48. The van der Waals surface area contributed by atoms with Gasteiger partial charge in [0.1, 0.15) is 6.04 Å². The number of nitrogens with zero attached hydrogens (tertiary/aromatic N) is 1. The maximum atomic E-state index is 13.5. The van der Waals surface area contributed by atoms with Gasteiger partial charge in [0.15, 0.2) is 23.3 Å². The minimum atomic E-state index is -0.895. The number of piperidine rings is 1. The molecule has 0 aliphatic carbocycles. The summed E-state index contributed by atoms with van der Waals surface area (Å²) in [6.45, 7) is 0.603. The van der Waals surface area contributed by atoms with Gasteiger partial charge in [0.25, 0.3) is 0 Å². The van der Waals surface area contributed by atoms with Crippen LogP contribution in [0.2, 0.25) is 0 Å². The van der Waals surface area contributed by atoms with Crippen molar-refractivity contribution in [1.82, 2.24) is 10.3 Å². The quantitative estimate of drug-likeness (QED) is 0.463. The minimum absolute atomic E-state index is 0.202. The summed E-state index contributed by atoms with van der Waals surface area (Å²) in [5.41, 5.74) is 2.02. The van der Waals surface area contributed by atoms with Crippen molar-refractivity contribution in [3.63, 3.8) is 0 Å².